The first-order valence-corrected chi connectivity index (χ1v) is 6.34. The Balaban J connectivity index is 1.75. The van der Waals surface area contributed by atoms with Gasteiger partial charge in [-0.15, -0.1) is 0 Å². The number of benzene rings is 1. The minimum atomic E-state index is 0.326. The summed E-state index contributed by atoms with van der Waals surface area (Å²) in [5.41, 5.74) is 2.64. The van der Waals surface area contributed by atoms with Crippen LogP contribution in [0.3, 0.4) is 0 Å². The molecule has 0 radical (unpaired) electrons. The lowest BCUT2D eigenvalue weighted by Crippen LogP contribution is -2.31. The van der Waals surface area contributed by atoms with Crippen LogP contribution in [0.25, 0.3) is 0 Å². The van der Waals surface area contributed by atoms with Crippen LogP contribution >= 0.6 is 0 Å². The molecule has 1 heterocycles. The molecule has 0 aromatic heterocycles. The molecule has 94 valence electrons. The SMILES string of the molecule is CN(C)CCCOC1CNc2ccccc2C1. The Hall–Kier alpha value is -1.06. The molecule has 0 fully saturated rings. The highest BCUT2D eigenvalue weighted by molar-refractivity contribution is 5.53. The van der Waals surface area contributed by atoms with Gasteiger partial charge in [0.2, 0.25) is 0 Å². The van der Waals surface area contributed by atoms with Gasteiger partial charge in [-0.2, -0.15) is 0 Å². The lowest BCUT2D eigenvalue weighted by atomic mass is 10.0. The van der Waals surface area contributed by atoms with E-state index >= 15 is 0 Å². The molecule has 0 spiro atoms. The number of ether oxygens (including phenoxy) is 1. The summed E-state index contributed by atoms with van der Waals surface area (Å²) in [5, 5.41) is 3.43. The fourth-order valence-electron chi connectivity index (χ4n) is 2.16. The number of hydrogen-bond acceptors (Lipinski definition) is 3. The fraction of sp³-hybridized carbons (Fsp3) is 0.571. The monoisotopic (exact) mass is 234 g/mol. The average molecular weight is 234 g/mol. The molecule has 0 saturated carbocycles. The minimum Gasteiger partial charge on any atom is -0.382 e. The van der Waals surface area contributed by atoms with Crippen LogP contribution in [0.4, 0.5) is 5.69 Å². The largest absolute Gasteiger partial charge is 0.382 e. The van der Waals surface area contributed by atoms with Gasteiger partial charge >= 0.3 is 0 Å². The van der Waals surface area contributed by atoms with E-state index in [0.717, 1.165) is 32.5 Å². The second kappa shape index (κ2) is 6.03. The highest BCUT2D eigenvalue weighted by atomic mass is 16.5. The fourth-order valence-corrected chi connectivity index (χ4v) is 2.16. The Morgan fingerprint density at radius 3 is 3.00 bits per heavy atom. The highest BCUT2D eigenvalue weighted by Crippen LogP contribution is 2.22. The van der Waals surface area contributed by atoms with Crippen molar-refractivity contribution in [2.45, 2.75) is 18.9 Å². The van der Waals surface area contributed by atoms with Crippen molar-refractivity contribution in [1.82, 2.24) is 4.90 Å². The predicted molar refractivity (Wildman–Crippen MR) is 71.5 cm³/mol. The maximum absolute atomic E-state index is 5.90. The number of nitrogens with one attached hydrogen (secondary N) is 1. The van der Waals surface area contributed by atoms with E-state index in [9.17, 15) is 0 Å². The summed E-state index contributed by atoms with van der Waals surface area (Å²) < 4.78 is 5.90. The van der Waals surface area contributed by atoms with E-state index < -0.39 is 0 Å². The van der Waals surface area contributed by atoms with Gasteiger partial charge in [0.25, 0.3) is 0 Å². The van der Waals surface area contributed by atoms with Gasteiger partial charge < -0.3 is 15.0 Å². The van der Waals surface area contributed by atoms with Gasteiger partial charge in [-0.25, -0.2) is 0 Å². The van der Waals surface area contributed by atoms with Crippen LogP contribution in [0.15, 0.2) is 24.3 Å². The molecule has 0 aliphatic carbocycles. The lowest BCUT2D eigenvalue weighted by Gasteiger charge is -2.26. The van der Waals surface area contributed by atoms with Gasteiger partial charge in [0.05, 0.1) is 6.10 Å². The summed E-state index contributed by atoms with van der Waals surface area (Å²) in [5.74, 6) is 0. The van der Waals surface area contributed by atoms with Gasteiger partial charge in [0.1, 0.15) is 0 Å². The molecule has 1 aliphatic heterocycles. The summed E-state index contributed by atoms with van der Waals surface area (Å²) >= 11 is 0. The van der Waals surface area contributed by atoms with Crippen molar-refractivity contribution in [2.24, 2.45) is 0 Å². The molecule has 2 rings (SSSR count). The van der Waals surface area contributed by atoms with E-state index in [0.29, 0.717) is 6.10 Å². The first-order valence-electron chi connectivity index (χ1n) is 6.34. The van der Waals surface area contributed by atoms with E-state index in [4.69, 9.17) is 4.74 Å². The third-order valence-corrected chi connectivity index (χ3v) is 3.09. The Bertz CT molecular complexity index is 352. The van der Waals surface area contributed by atoms with Gasteiger partial charge in [0.15, 0.2) is 0 Å². The van der Waals surface area contributed by atoms with Gasteiger partial charge in [-0.05, 0) is 38.7 Å². The molecule has 1 aliphatic rings. The maximum atomic E-state index is 5.90. The van der Waals surface area contributed by atoms with Crippen molar-refractivity contribution >= 4 is 5.69 Å². The predicted octanol–water partition coefficient (Wildman–Crippen LogP) is 1.99. The zero-order valence-corrected chi connectivity index (χ0v) is 10.8. The Labute approximate surface area is 104 Å². The molecule has 3 heteroatoms. The minimum absolute atomic E-state index is 0.326. The van der Waals surface area contributed by atoms with Crippen molar-refractivity contribution in [1.29, 1.82) is 0 Å². The zero-order chi connectivity index (χ0) is 12.1. The van der Waals surface area contributed by atoms with Crippen LogP contribution in [-0.4, -0.2) is 44.8 Å². The maximum Gasteiger partial charge on any atom is 0.0788 e. The Kier molecular flexibility index (Phi) is 4.40. The number of rotatable bonds is 5. The number of para-hydroxylation sites is 1. The molecule has 3 nitrogen and oxygen atoms in total. The van der Waals surface area contributed by atoms with Gasteiger partial charge in [0, 0.05) is 25.3 Å². The molecule has 0 amide bonds. The summed E-state index contributed by atoms with van der Waals surface area (Å²) in [4.78, 5) is 2.19. The second-order valence-corrected chi connectivity index (χ2v) is 4.89. The number of fused-ring (bicyclic) bond motifs is 1. The van der Waals surface area contributed by atoms with Crippen molar-refractivity contribution in [3.63, 3.8) is 0 Å². The molecule has 0 saturated heterocycles. The van der Waals surface area contributed by atoms with Crippen LogP contribution in [-0.2, 0) is 11.2 Å². The number of nitrogens with zero attached hydrogens (tertiary/aromatic N) is 1. The van der Waals surface area contributed by atoms with E-state index in [1.165, 1.54) is 11.3 Å². The first kappa shape index (κ1) is 12.4. The highest BCUT2D eigenvalue weighted by Gasteiger charge is 2.17. The quantitative estimate of drug-likeness (QED) is 0.789. The van der Waals surface area contributed by atoms with Crippen molar-refractivity contribution < 1.29 is 4.74 Å². The van der Waals surface area contributed by atoms with Crippen LogP contribution in [0.1, 0.15) is 12.0 Å². The second-order valence-electron chi connectivity index (χ2n) is 4.89. The summed E-state index contributed by atoms with van der Waals surface area (Å²) in [6, 6.07) is 8.48. The molecular weight excluding hydrogens is 212 g/mol. The summed E-state index contributed by atoms with van der Waals surface area (Å²) in [7, 11) is 4.19. The van der Waals surface area contributed by atoms with Crippen molar-refractivity contribution in [2.75, 3.05) is 39.1 Å². The van der Waals surface area contributed by atoms with Crippen LogP contribution < -0.4 is 5.32 Å². The third-order valence-electron chi connectivity index (χ3n) is 3.09. The van der Waals surface area contributed by atoms with E-state index in [-0.39, 0.29) is 0 Å². The molecule has 1 N–H and O–H groups in total. The molecule has 17 heavy (non-hydrogen) atoms. The normalized spacial score (nSPS) is 18.9. The smallest absolute Gasteiger partial charge is 0.0788 e. The summed E-state index contributed by atoms with van der Waals surface area (Å²) in [6.07, 6.45) is 2.46. The average Bonchev–Trinajstić information content (AvgIpc) is 2.34. The summed E-state index contributed by atoms with van der Waals surface area (Å²) in [6.45, 7) is 2.88. The Morgan fingerprint density at radius 2 is 2.18 bits per heavy atom. The molecule has 1 atom stereocenters. The van der Waals surface area contributed by atoms with Crippen LogP contribution in [0, 0.1) is 0 Å². The standard InChI is InChI=1S/C14H22N2O/c1-16(2)8-5-9-17-13-10-12-6-3-4-7-14(12)15-11-13/h3-4,6-7,13,15H,5,8-11H2,1-2H3. The molecule has 1 aromatic rings. The molecule has 1 aromatic carbocycles. The van der Waals surface area contributed by atoms with Crippen LogP contribution in [0.2, 0.25) is 0 Å². The molecule has 0 bridgehead atoms. The first-order chi connectivity index (χ1) is 8.25. The van der Waals surface area contributed by atoms with Crippen LogP contribution in [0.5, 0.6) is 0 Å². The van der Waals surface area contributed by atoms with Crippen molar-refractivity contribution in [3.8, 4) is 0 Å². The van der Waals surface area contributed by atoms with Crippen molar-refractivity contribution in [3.05, 3.63) is 29.8 Å². The van der Waals surface area contributed by atoms with E-state index in [2.05, 4.69) is 48.6 Å². The van der Waals surface area contributed by atoms with Gasteiger partial charge in [-0.1, -0.05) is 18.2 Å². The topological polar surface area (TPSA) is 24.5 Å². The number of anilines is 1. The number of hydrogen-bond donors (Lipinski definition) is 1. The third kappa shape index (κ3) is 3.72. The van der Waals surface area contributed by atoms with Gasteiger partial charge in [-0.3, -0.25) is 0 Å². The lowest BCUT2D eigenvalue weighted by molar-refractivity contribution is 0.0556. The van der Waals surface area contributed by atoms with E-state index in [1.807, 2.05) is 0 Å². The Morgan fingerprint density at radius 1 is 1.35 bits per heavy atom. The van der Waals surface area contributed by atoms with E-state index in [1.54, 1.807) is 0 Å². The molecule has 1 unspecified atom stereocenters. The zero-order valence-electron chi connectivity index (χ0n) is 10.8. The molecular formula is C14H22N2O.